The molecule has 1 fully saturated rings. The summed E-state index contributed by atoms with van der Waals surface area (Å²) in [6.07, 6.45) is 2.28. The Morgan fingerprint density at radius 1 is 1.50 bits per heavy atom. The predicted octanol–water partition coefficient (Wildman–Crippen LogP) is 2.83. The Kier molecular flexibility index (Phi) is 6.99. The first-order valence-electron chi connectivity index (χ1n) is 7.55. The van der Waals surface area contributed by atoms with Gasteiger partial charge in [0.25, 0.3) is 5.91 Å². The van der Waals surface area contributed by atoms with E-state index in [2.05, 4.69) is 10.3 Å². The average Bonchev–Trinajstić information content (AvgIpc) is 3.25. The number of halogens is 1. The molecular weight excluding hydrogens is 350 g/mol. The van der Waals surface area contributed by atoms with Crippen molar-refractivity contribution in [1.29, 1.82) is 0 Å². The molecule has 6 nitrogen and oxygen atoms in total. The van der Waals surface area contributed by atoms with E-state index in [0.717, 1.165) is 24.5 Å². The molecule has 2 heterocycles. The molecule has 130 valence electrons. The van der Waals surface area contributed by atoms with Crippen molar-refractivity contribution in [2.24, 2.45) is 5.73 Å². The normalized spacial score (nSPS) is 16.5. The maximum atomic E-state index is 12.2. The molecule has 0 spiro atoms. The van der Waals surface area contributed by atoms with E-state index in [1.54, 1.807) is 11.4 Å². The topological polar surface area (TPSA) is 86.5 Å². The van der Waals surface area contributed by atoms with Crippen molar-refractivity contribution in [3.05, 3.63) is 40.3 Å². The van der Waals surface area contributed by atoms with Crippen LogP contribution >= 0.6 is 23.7 Å². The first-order chi connectivity index (χ1) is 11.2. The standard InChI is InChI=1S/C16H19N3O3S.ClH/c17-8-15-19-14(10-23-15)16(20)18-11-3-1-4-12(7-11)22-9-13-5-2-6-21-13;/h1,3-4,7,10,13H,2,5-6,8-9,17H2,(H,18,20);1H. The van der Waals surface area contributed by atoms with Crippen molar-refractivity contribution in [2.45, 2.75) is 25.5 Å². The van der Waals surface area contributed by atoms with E-state index in [9.17, 15) is 4.79 Å². The molecule has 0 bridgehead atoms. The van der Waals surface area contributed by atoms with E-state index >= 15 is 0 Å². The monoisotopic (exact) mass is 369 g/mol. The third-order valence-corrected chi connectivity index (χ3v) is 4.38. The summed E-state index contributed by atoms with van der Waals surface area (Å²) in [5.41, 5.74) is 6.55. The van der Waals surface area contributed by atoms with Crippen LogP contribution in [0.5, 0.6) is 5.75 Å². The first-order valence-corrected chi connectivity index (χ1v) is 8.43. The summed E-state index contributed by atoms with van der Waals surface area (Å²) < 4.78 is 11.3. The summed E-state index contributed by atoms with van der Waals surface area (Å²) in [5.74, 6) is 0.455. The van der Waals surface area contributed by atoms with Gasteiger partial charge in [-0.3, -0.25) is 4.79 Å². The van der Waals surface area contributed by atoms with Crippen LogP contribution in [-0.2, 0) is 11.3 Å². The second-order valence-corrected chi connectivity index (χ2v) is 6.20. The zero-order valence-electron chi connectivity index (χ0n) is 13.1. The lowest BCUT2D eigenvalue weighted by Crippen LogP contribution is -2.16. The van der Waals surface area contributed by atoms with Crippen LogP contribution < -0.4 is 15.8 Å². The predicted molar refractivity (Wildman–Crippen MR) is 96.1 cm³/mol. The van der Waals surface area contributed by atoms with Crippen LogP contribution in [0.2, 0.25) is 0 Å². The fourth-order valence-electron chi connectivity index (χ4n) is 2.33. The molecule has 1 atom stereocenters. The number of aromatic nitrogens is 1. The van der Waals surface area contributed by atoms with E-state index in [1.165, 1.54) is 11.3 Å². The fourth-order valence-corrected chi connectivity index (χ4v) is 2.99. The van der Waals surface area contributed by atoms with Gasteiger partial charge in [-0.25, -0.2) is 4.98 Å². The smallest absolute Gasteiger partial charge is 0.275 e. The Hall–Kier alpha value is -1.67. The van der Waals surface area contributed by atoms with Crippen molar-refractivity contribution in [1.82, 2.24) is 4.98 Å². The number of carbonyl (C=O) groups is 1. The number of carbonyl (C=O) groups excluding carboxylic acids is 1. The Labute approximate surface area is 150 Å². The number of hydrogen-bond donors (Lipinski definition) is 2. The average molecular weight is 370 g/mol. The van der Waals surface area contributed by atoms with Gasteiger partial charge in [0, 0.05) is 30.3 Å². The van der Waals surface area contributed by atoms with Crippen LogP contribution in [0.1, 0.15) is 28.3 Å². The summed E-state index contributed by atoms with van der Waals surface area (Å²) in [4.78, 5) is 16.3. The van der Waals surface area contributed by atoms with Gasteiger partial charge >= 0.3 is 0 Å². The van der Waals surface area contributed by atoms with Gasteiger partial charge in [0.1, 0.15) is 23.1 Å². The number of nitrogens with zero attached hydrogens (tertiary/aromatic N) is 1. The van der Waals surface area contributed by atoms with Crippen LogP contribution in [0, 0.1) is 0 Å². The molecule has 8 heteroatoms. The summed E-state index contributed by atoms with van der Waals surface area (Å²) in [5, 5.41) is 5.26. The van der Waals surface area contributed by atoms with Crippen molar-refractivity contribution in [2.75, 3.05) is 18.5 Å². The second-order valence-electron chi connectivity index (χ2n) is 5.26. The number of hydrogen-bond acceptors (Lipinski definition) is 6. The van der Waals surface area contributed by atoms with Gasteiger partial charge in [0.15, 0.2) is 0 Å². The molecule has 0 radical (unpaired) electrons. The summed E-state index contributed by atoms with van der Waals surface area (Å²) in [6, 6.07) is 7.31. The molecule has 3 rings (SSSR count). The zero-order valence-corrected chi connectivity index (χ0v) is 14.7. The molecule has 1 aliphatic rings. The number of benzene rings is 1. The SMILES string of the molecule is Cl.NCc1nc(C(=O)Nc2cccc(OCC3CCCO3)c2)cs1. The zero-order chi connectivity index (χ0) is 16.1. The number of amides is 1. The molecule has 0 saturated carbocycles. The molecule has 1 saturated heterocycles. The van der Waals surface area contributed by atoms with E-state index < -0.39 is 0 Å². The van der Waals surface area contributed by atoms with Gasteiger partial charge < -0.3 is 20.5 Å². The van der Waals surface area contributed by atoms with E-state index in [0.29, 0.717) is 30.3 Å². The van der Waals surface area contributed by atoms with Gasteiger partial charge in [-0.1, -0.05) is 6.07 Å². The minimum Gasteiger partial charge on any atom is -0.491 e. The summed E-state index contributed by atoms with van der Waals surface area (Å²) in [6.45, 7) is 1.68. The van der Waals surface area contributed by atoms with Crippen molar-refractivity contribution in [3.8, 4) is 5.75 Å². The molecule has 1 unspecified atom stereocenters. The lowest BCUT2D eigenvalue weighted by Gasteiger charge is -2.12. The van der Waals surface area contributed by atoms with E-state index in [4.69, 9.17) is 15.2 Å². The number of rotatable bonds is 6. The minimum absolute atomic E-state index is 0. The van der Waals surface area contributed by atoms with Crippen LogP contribution in [0.3, 0.4) is 0 Å². The quantitative estimate of drug-likeness (QED) is 0.817. The van der Waals surface area contributed by atoms with Gasteiger partial charge in [0.2, 0.25) is 0 Å². The van der Waals surface area contributed by atoms with Gasteiger partial charge in [-0.15, -0.1) is 23.7 Å². The largest absolute Gasteiger partial charge is 0.491 e. The third-order valence-electron chi connectivity index (χ3n) is 3.51. The number of nitrogens with one attached hydrogen (secondary N) is 1. The third kappa shape index (κ3) is 4.91. The minimum atomic E-state index is -0.253. The molecule has 3 N–H and O–H groups in total. The maximum Gasteiger partial charge on any atom is 0.275 e. The van der Waals surface area contributed by atoms with E-state index in [-0.39, 0.29) is 24.4 Å². The summed E-state index contributed by atoms with van der Waals surface area (Å²) in [7, 11) is 0. The molecule has 0 aliphatic carbocycles. The van der Waals surface area contributed by atoms with Gasteiger partial charge in [-0.05, 0) is 25.0 Å². The van der Waals surface area contributed by atoms with E-state index in [1.807, 2.05) is 18.2 Å². The second kappa shape index (κ2) is 8.98. The van der Waals surface area contributed by atoms with Gasteiger partial charge in [0.05, 0.1) is 6.10 Å². The molecule has 2 aromatic rings. The van der Waals surface area contributed by atoms with Crippen LogP contribution in [-0.4, -0.2) is 30.2 Å². The fraction of sp³-hybridized carbons (Fsp3) is 0.375. The highest BCUT2D eigenvalue weighted by Crippen LogP contribution is 2.20. The Balaban J connectivity index is 0.00000208. The molecule has 1 amide bonds. The molecular formula is C16H20ClN3O3S. The lowest BCUT2D eigenvalue weighted by atomic mass is 10.2. The van der Waals surface area contributed by atoms with Crippen LogP contribution in [0.4, 0.5) is 5.69 Å². The van der Waals surface area contributed by atoms with Crippen LogP contribution in [0.25, 0.3) is 0 Å². The highest BCUT2D eigenvalue weighted by Gasteiger charge is 2.16. The first kappa shape index (κ1) is 18.7. The van der Waals surface area contributed by atoms with Gasteiger partial charge in [-0.2, -0.15) is 0 Å². The van der Waals surface area contributed by atoms with Crippen molar-refractivity contribution >= 4 is 35.3 Å². The molecule has 1 aliphatic heterocycles. The molecule has 1 aromatic heterocycles. The highest BCUT2D eigenvalue weighted by molar-refractivity contribution is 7.09. The van der Waals surface area contributed by atoms with Crippen molar-refractivity contribution < 1.29 is 14.3 Å². The van der Waals surface area contributed by atoms with Crippen molar-refractivity contribution in [3.63, 3.8) is 0 Å². The molecule has 1 aromatic carbocycles. The number of ether oxygens (including phenoxy) is 2. The highest BCUT2D eigenvalue weighted by atomic mass is 35.5. The number of thiazole rings is 1. The Morgan fingerprint density at radius 3 is 3.08 bits per heavy atom. The molecule has 24 heavy (non-hydrogen) atoms. The van der Waals surface area contributed by atoms with Crippen LogP contribution in [0.15, 0.2) is 29.6 Å². The number of anilines is 1. The Bertz CT molecular complexity index is 674. The summed E-state index contributed by atoms with van der Waals surface area (Å²) >= 11 is 1.38. The Morgan fingerprint density at radius 2 is 2.38 bits per heavy atom. The number of nitrogens with two attached hydrogens (primary N) is 1. The maximum absolute atomic E-state index is 12.2. The lowest BCUT2D eigenvalue weighted by molar-refractivity contribution is 0.0680.